The third-order valence-corrected chi connectivity index (χ3v) is 3.66. The highest BCUT2D eigenvalue weighted by atomic mass is 32.2. The first kappa shape index (κ1) is 12.7. The fourth-order valence-electron chi connectivity index (χ4n) is 1.74. The van der Waals surface area contributed by atoms with Crippen molar-refractivity contribution in [3.63, 3.8) is 0 Å². The molecule has 1 aromatic carbocycles. The maximum atomic E-state index is 4.75. The fraction of sp³-hybridized carbons (Fsp3) is 0.385. The van der Waals surface area contributed by atoms with Gasteiger partial charge >= 0.3 is 0 Å². The van der Waals surface area contributed by atoms with Gasteiger partial charge in [-0.25, -0.2) is 9.97 Å². The van der Waals surface area contributed by atoms with Gasteiger partial charge < -0.3 is 0 Å². The molecular formula is C13H16N2S2. The maximum Gasteiger partial charge on any atom is 0.0893 e. The van der Waals surface area contributed by atoms with Crippen LogP contribution in [0.15, 0.2) is 18.2 Å². The monoisotopic (exact) mass is 264 g/mol. The second kappa shape index (κ2) is 5.74. The summed E-state index contributed by atoms with van der Waals surface area (Å²) in [7, 11) is 0. The molecule has 0 bridgehead atoms. The summed E-state index contributed by atoms with van der Waals surface area (Å²) >= 11 is 3.59. The van der Waals surface area contributed by atoms with E-state index >= 15 is 0 Å². The molecule has 2 nitrogen and oxygen atoms in total. The number of nitrogens with zero attached hydrogens (tertiary/aromatic N) is 2. The minimum Gasteiger partial charge on any atom is -0.248 e. The van der Waals surface area contributed by atoms with Gasteiger partial charge in [-0.3, -0.25) is 0 Å². The Balaban J connectivity index is 2.55. The summed E-state index contributed by atoms with van der Waals surface area (Å²) in [6.07, 6.45) is 4.20. The Labute approximate surface area is 111 Å². The largest absolute Gasteiger partial charge is 0.248 e. The summed E-state index contributed by atoms with van der Waals surface area (Å²) in [5, 5.41) is 0. The van der Waals surface area contributed by atoms with E-state index < -0.39 is 0 Å². The van der Waals surface area contributed by atoms with Gasteiger partial charge in [-0.1, -0.05) is 6.07 Å². The molecule has 4 heteroatoms. The van der Waals surface area contributed by atoms with Crippen LogP contribution in [0.3, 0.4) is 0 Å². The zero-order valence-electron chi connectivity index (χ0n) is 10.4. The lowest BCUT2D eigenvalue weighted by Crippen LogP contribution is -2.00. The van der Waals surface area contributed by atoms with Gasteiger partial charge in [0.1, 0.15) is 0 Å². The molecular weight excluding hydrogens is 248 g/mol. The van der Waals surface area contributed by atoms with Crippen molar-refractivity contribution in [2.45, 2.75) is 18.4 Å². The van der Waals surface area contributed by atoms with Crippen molar-refractivity contribution >= 4 is 34.6 Å². The van der Waals surface area contributed by atoms with Gasteiger partial charge in [0.15, 0.2) is 0 Å². The number of hydrogen-bond acceptors (Lipinski definition) is 4. The molecule has 0 aliphatic heterocycles. The van der Waals surface area contributed by atoms with Crippen LogP contribution >= 0.6 is 23.5 Å². The van der Waals surface area contributed by atoms with Gasteiger partial charge in [-0.2, -0.15) is 23.5 Å². The lowest BCUT2D eigenvalue weighted by Gasteiger charge is -2.08. The van der Waals surface area contributed by atoms with E-state index in [1.807, 2.05) is 0 Å². The van der Waals surface area contributed by atoms with E-state index in [0.29, 0.717) is 0 Å². The van der Waals surface area contributed by atoms with Gasteiger partial charge in [0.2, 0.25) is 0 Å². The number of thioether (sulfide) groups is 2. The van der Waals surface area contributed by atoms with Crippen molar-refractivity contribution in [1.29, 1.82) is 0 Å². The van der Waals surface area contributed by atoms with Crippen LogP contribution in [0.1, 0.15) is 17.0 Å². The summed E-state index contributed by atoms with van der Waals surface area (Å²) in [4.78, 5) is 9.48. The van der Waals surface area contributed by atoms with Crippen molar-refractivity contribution in [3.05, 3.63) is 35.2 Å². The molecule has 0 N–H and O–H groups in total. The quantitative estimate of drug-likeness (QED) is 0.841. The number of rotatable bonds is 4. The number of hydrogen-bond donors (Lipinski definition) is 0. The van der Waals surface area contributed by atoms with Gasteiger partial charge in [0.05, 0.1) is 22.4 Å². The first-order valence-electron chi connectivity index (χ1n) is 5.48. The molecule has 17 heavy (non-hydrogen) atoms. The molecule has 2 aromatic rings. The predicted octanol–water partition coefficient (Wildman–Crippen LogP) is 3.66. The normalized spacial score (nSPS) is 11.0. The topological polar surface area (TPSA) is 25.8 Å². The van der Waals surface area contributed by atoms with E-state index in [-0.39, 0.29) is 0 Å². The van der Waals surface area contributed by atoms with Crippen LogP contribution in [0, 0.1) is 6.92 Å². The van der Waals surface area contributed by atoms with Gasteiger partial charge in [-0.15, -0.1) is 0 Å². The molecule has 1 heterocycles. The number of fused-ring (bicyclic) bond motifs is 1. The van der Waals surface area contributed by atoms with Crippen LogP contribution in [-0.2, 0) is 11.5 Å². The zero-order valence-corrected chi connectivity index (χ0v) is 12.0. The molecule has 0 amide bonds. The highest BCUT2D eigenvalue weighted by Crippen LogP contribution is 2.20. The van der Waals surface area contributed by atoms with Crippen LogP contribution in [0.5, 0.6) is 0 Å². The molecule has 0 aliphatic rings. The lowest BCUT2D eigenvalue weighted by atomic mass is 10.2. The van der Waals surface area contributed by atoms with E-state index in [1.165, 1.54) is 5.56 Å². The number of aromatic nitrogens is 2. The standard InChI is InChI=1S/C13H16N2S2/c1-9-4-5-10-11(6-9)15-13(8-17-3)12(14-10)7-16-2/h4-6H,7-8H2,1-3H3. The average Bonchev–Trinajstić information content (AvgIpc) is 2.31. The van der Waals surface area contributed by atoms with Gasteiger partial charge in [0, 0.05) is 11.5 Å². The Kier molecular flexibility index (Phi) is 4.29. The molecule has 0 radical (unpaired) electrons. The molecule has 0 aliphatic carbocycles. The van der Waals surface area contributed by atoms with Crippen LogP contribution in [0.4, 0.5) is 0 Å². The SMILES string of the molecule is CSCc1nc2ccc(C)cc2nc1CSC. The maximum absolute atomic E-state index is 4.75. The van der Waals surface area contributed by atoms with Crippen molar-refractivity contribution in [2.75, 3.05) is 12.5 Å². The molecule has 0 atom stereocenters. The van der Waals surface area contributed by atoms with Crippen molar-refractivity contribution in [2.24, 2.45) is 0 Å². The highest BCUT2D eigenvalue weighted by Gasteiger charge is 2.08. The molecule has 90 valence electrons. The zero-order chi connectivity index (χ0) is 12.3. The molecule has 0 saturated heterocycles. The van der Waals surface area contributed by atoms with E-state index in [4.69, 9.17) is 9.97 Å². The predicted molar refractivity (Wildman–Crippen MR) is 78.7 cm³/mol. The third kappa shape index (κ3) is 2.93. The first-order chi connectivity index (χ1) is 8.24. The van der Waals surface area contributed by atoms with Crippen LogP contribution in [-0.4, -0.2) is 22.5 Å². The Morgan fingerprint density at radius 2 is 1.53 bits per heavy atom. The van der Waals surface area contributed by atoms with E-state index in [1.54, 1.807) is 23.5 Å². The van der Waals surface area contributed by atoms with Gasteiger partial charge in [0.25, 0.3) is 0 Å². The summed E-state index contributed by atoms with van der Waals surface area (Å²) in [5.74, 6) is 1.87. The van der Waals surface area contributed by atoms with Crippen molar-refractivity contribution in [1.82, 2.24) is 9.97 Å². The lowest BCUT2D eigenvalue weighted by molar-refractivity contribution is 1.07. The molecule has 2 rings (SSSR count). The number of benzene rings is 1. The molecule has 1 aromatic heterocycles. The van der Waals surface area contributed by atoms with Crippen LogP contribution in [0.2, 0.25) is 0 Å². The first-order valence-corrected chi connectivity index (χ1v) is 8.27. The molecule has 0 unspecified atom stereocenters. The highest BCUT2D eigenvalue weighted by molar-refractivity contribution is 7.98. The Morgan fingerprint density at radius 1 is 0.941 bits per heavy atom. The summed E-state index contributed by atoms with van der Waals surface area (Å²) in [6.45, 7) is 2.09. The second-order valence-corrected chi connectivity index (χ2v) is 5.71. The van der Waals surface area contributed by atoms with E-state index in [0.717, 1.165) is 33.9 Å². The smallest absolute Gasteiger partial charge is 0.0893 e. The molecule has 0 spiro atoms. The minimum atomic E-state index is 0.937. The summed E-state index contributed by atoms with van der Waals surface area (Å²) < 4.78 is 0. The van der Waals surface area contributed by atoms with E-state index in [2.05, 4.69) is 37.6 Å². The van der Waals surface area contributed by atoms with Crippen LogP contribution < -0.4 is 0 Å². The third-order valence-electron chi connectivity index (χ3n) is 2.54. The molecule has 0 fully saturated rings. The number of aryl methyl sites for hydroxylation is 1. The minimum absolute atomic E-state index is 0.937. The Hall–Kier alpha value is -0.740. The van der Waals surface area contributed by atoms with E-state index in [9.17, 15) is 0 Å². The average molecular weight is 264 g/mol. The van der Waals surface area contributed by atoms with Crippen molar-refractivity contribution < 1.29 is 0 Å². The van der Waals surface area contributed by atoms with Crippen molar-refractivity contribution in [3.8, 4) is 0 Å². The summed E-state index contributed by atoms with van der Waals surface area (Å²) in [5.41, 5.74) is 5.51. The molecule has 0 saturated carbocycles. The Bertz CT molecular complexity index is 526. The summed E-state index contributed by atoms with van der Waals surface area (Å²) in [6, 6.07) is 6.26. The van der Waals surface area contributed by atoms with Gasteiger partial charge in [-0.05, 0) is 37.1 Å². The second-order valence-electron chi connectivity index (χ2n) is 3.98. The van der Waals surface area contributed by atoms with Crippen LogP contribution in [0.25, 0.3) is 11.0 Å². The fourth-order valence-corrected chi connectivity index (χ4v) is 2.75. The Morgan fingerprint density at radius 3 is 2.12 bits per heavy atom.